The minimum Gasteiger partial charge on any atom is -0.483 e. The maximum absolute atomic E-state index is 10.8. The van der Waals surface area contributed by atoms with E-state index in [2.05, 4.69) is 51.1 Å². The summed E-state index contributed by atoms with van der Waals surface area (Å²) in [5.41, 5.74) is 0.441. The summed E-state index contributed by atoms with van der Waals surface area (Å²) in [5.74, 6) is 2.49. The highest BCUT2D eigenvalue weighted by Crippen LogP contribution is 2.42. The standard InChI is InChI=1S/C22H32O2/c1-16(2)17-9-12-21(3,23)13-11-19-15-18-7-5-6-8-20(18)24-22(19,4)14-10-17/h5-8,10,14,16-17,19,23H,9,11-13,15H2,1-4H3. The molecular formula is C22H32O2. The highest BCUT2D eigenvalue weighted by atomic mass is 16.5. The summed E-state index contributed by atoms with van der Waals surface area (Å²) < 4.78 is 6.48. The first-order valence-corrected chi connectivity index (χ1v) is 9.48. The largest absolute Gasteiger partial charge is 0.483 e. The summed E-state index contributed by atoms with van der Waals surface area (Å²) in [7, 11) is 0. The van der Waals surface area contributed by atoms with E-state index >= 15 is 0 Å². The molecular weight excluding hydrogens is 296 g/mol. The van der Waals surface area contributed by atoms with E-state index in [4.69, 9.17) is 4.74 Å². The average molecular weight is 328 g/mol. The number of rotatable bonds is 1. The van der Waals surface area contributed by atoms with E-state index in [1.54, 1.807) is 0 Å². The van der Waals surface area contributed by atoms with Crippen LogP contribution in [0.15, 0.2) is 36.4 Å². The van der Waals surface area contributed by atoms with E-state index in [0.29, 0.717) is 17.8 Å². The predicted octanol–water partition coefficient (Wildman–Crippen LogP) is 5.15. The van der Waals surface area contributed by atoms with Crippen molar-refractivity contribution >= 4 is 0 Å². The third-order valence-electron chi connectivity index (χ3n) is 6.16. The molecule has 0 radical (unpaired) electrons. The fourth-order valence-electron chi connectivity index (χ4n) is 4.17. The van der Waals surface area contributed by atoms with Crippen LogP contribution in [0.25, 0.3) is 0 Å². The molecule has 0 fully saturated rings. The number of fused-ring (bicyclic) bond motifs is 2. The van der Waals surface area contributed by atoms with Crippen LogP contribution >= 0.6 is 0 Å². The van der Waals surface area contributed by atoms with Gasteiger partial charge in [-0.25, -0.2) is 0 Å². The summed E-state index contributed by atoms with van der Waals surface area (Å²) in [4.78, 5) is 0. The Morgan fingerprint density at radius 2 is 1.83 bits per heavy atom. The molecule has 1 aromatic carbocycles. The fraction of sp³-hybridized carbons (Fsp3) is 0.636. The molecule has 0 spiro atoms. The summed E-state index contributed by atoms with van der Waals surface area (Å²) in [5, 5.41) is 10.8. The van der Waals surface area contributed by atoms with Crippen molar-refractivity contribution in [3.05, 3.63) is 42.0 Å². The topological polar surface area (TPSA) is 29.5 Å². The van der Waals surface area contributed by atoms with E-state index in [0.717, 1.165) is 37.9 Å². The van der Waals surface area contributed by atoms with Crippen molar-refractivity contribution in [2.24, 2.45) is 17.8 Å². The number of aliphatic hydroxyl groups is 1. The lowest BCUT2D eigenvalue weighted by molar-refractivity contribution is 0.00141. The van der Waals surface area contributed by atoms with Crippen LogP contribution in [0.3, 0.4) is 0 Å². The van der Waals surface area contributed by atoms with E-state index in [-0.39, 0.29) is 5.60 Å². The van der Waals surface area contributed by atoms with Crippen molar-refractivity contribution in [1.29, 1.82) is 0 Å². The van der Waals surface area contributed by atoms with Gasteiger partial charge in [-0.2, -0.15) is 0 Å². The Morgan fingerprint density at radius 1 is 1.12 bits per heavy atom. The maximum Gasteiger partial charge on any atom is 0.127 e. The van der Waals surface area contributed by atoms with E-state index in [1.807, 2.05) is 13.0 Å². The van der Waals surface area contributed by atoms with Gasteiger partial charge in [0.1, 0.15) is 11.4 Å². The molecule has 0 aromatic heterocycles. The third-order valence-corrected chi connectivity index (χ3v) is 6.16. The first-order chi connectivity index (χ1) is 11.3. The summed E-state index contributed by atoms with van der Waals surface area (Å²) in [6, 6.07) is 8.39. The van der Waals surface area contributed by atoms with Crippen LogP contribution in [0.1, 0.15) is 58.9 Å². The smallest absolute Gasteiger partial charge is 0.127 e. The molecule has 1 aromatic rings. The molecule has 3 rings (SSSR count). The van der Waals surface area contributed by atoms with Crippen LogP contribution in [0.4, 0.5) is 0 Å². The molecule has 0 saturated carbocycles. The highest BCUT2D eigenvalue weighted by molar-refractivity contribution is 5.38. The van der Waals surface area contributed by atoms with Gasteiger partial charge < -0.3 is 9.84 Å². The van der Waals surface area contributed by atoms with E-state index < -0.39 is 5.60 Å². The SMILES string of the molecule is CC(C)C1C=CC2(C)Oc3ccccc3CC2CCC(C)(O)CC1. The average Bonchev–Trinajstić information content (AvgIpc) is 2.52. The highest BCUT2D eigenvalue weighted by Gasteiger charge is 2.40. The predicted molar refractivity (Wildman–Crippen MR) is 99.2 cm³/mol. The van der Waals surface area contributed by atoms with Crippen LogP contribution < -0.4 is 4.74 Å². The Balaban J connectivity index is 1.95. The summed E-state index contributed by atoms with van der Waals surface area (Å²) in [6.07, 6.45) is 9.45. The van der Waals surface area contributed by atoms with Crippen LogP contribution in [-0.4, -0.2) is 16.3 Å². The van der Waals surface area contributed by atoms with Gasteiger partial charge in [0.05, 0.1) is 5.60 Å². The van der Waals surface area contributed by atoms with Gasteiger partial charge in [-0.05, 0) is 75.5 Å². The Hall–Kier alpha value is -1.28. The quantitative estimate of drug-likeness (QED) is 0.722. The Bertz CT molecular complexity index is 602. The van der Waals surface area contributed by atoms with Gasteiger partial charge in [0.15, 0.2) is 0 Å². The van der Waals surface area contributed by atoms with Crippen molar-refractivity contribution < 1.29 is 9.84 Å². The lowest BCUT2D eigenvalue weighted by atomic mass is 9.73. The summed E-state index contributed by atoms with van der Waals surface area (Å²) >= 11 is 0. The van der Waals surface area contributed by atoms with Gasteiger partial charge in [0, 0.05) is 5.92 Å². The first-order valence-electron chi connectivity index (χ1n) is 9.48. The molecule has 1 aliphatic carbocycles. The Labute approximate surface area is 146 Å². The first kappa shape index (κ1) is 17.5. The number of benzene rings is 1. The molecule has 24 heavy (non-hydrogen) atoms. The summed E-state index contributed by atoms with van der Waals surface area (Å²) in [6.45, 7) is 8.77. The third kappa shape index (κ3) is 3.69. The molecule has 2 nitrogen and oxygen atoms in total. The van der Waals surface area contributed by atoms with Gasteiger partial charge in [0.25, 0.3) is 0 Å². The van der Waals surface area contributed by atoms with Crippen molar-refractivity contribution in [3.63, 3.8) is 0 Å². The number of para-hydroxylation sites is 1. The molecule has 1 aliphatic heterocycles. The van der Waals surface area contributed by atoms with Crippen LogP contribution in [0, 0.1) is 17.8 Å². The molecule has 4 atom stereocenters. The van der Waals surface area contributed by atoms with Crippen LogP contribution in [0.5, 0.6) is 5.75 Å². The van der Waals surface area contributed by atoms with Crippen molar-refractivity contribution in [2.45, 2.75) is 71.0 Å². The second-order valence-electron chi connectivity index (χ2n) is 8.64. The minimum atomic E-state index is -0.573. The molecule has 1 heterocycles. The molecule has 0 saturated heterocycles. The zero-order valence-corrected chi connectivity index (χ0v) is 15.6. The number of hydrogen-bond donors (Lipinski definition) is 1. The van der Waals surface area contributed by atoms with Crippen molar-refractivity contribution in [3.8, 4) is 5.75 Å². The molecule has 2 aliphatic rings. The van der Waals surface area contributed by atoms with Gasteiger partial charge in [-0.1, -0.05) is 38.1 Å². The van der Waals surface area contributed by atoms with Gasteiger partial charge >= 0.3 is 0 Å². The number of allylic oxidation sites excluding steroid dienone is 1. The molecule has 2 heteroatoms. The molecule has 0 bridgehead atoms. The Kier molecular flexibility index (Phi) is 4.79. The van der Waals surface area contributed by atoms with Gasteiger partial charge in [-0.15, -0.1) is 0 Å². The Morgan fingerprint density at radius 3 is 2.58 bits per heavy atom. The molecule has 1 N–H and O–H groups in total. The molecule has 0 amide bonds. The zero-order valence-electron chi connectivity index (χ0n) is 15.6. The maximum atomic E-state index is 10.8. The second-order valence-corrected chi connectivity index (χ2v) is 8.64. The van der Waals surface area contributed by atoms with Crippen LogP contribution in [-0.2, 0) is 6.42 Å². The normalized spacial score (nSPS) is 36.6. The molecule has 4 unspecified atom stereocenters. The lowest BCUT2D eigenvalue weighted by Crippen LogP contribution is -2.44. The van der Waals surface area contributed by atoms with Crippen LogP contribution in [0.2, 0.25) is 0 Å². The monoisotopic (exact) mass is 328 g/mol. The van der Waals surface area contributed by atoms with Crippen molar-refractivity contribution in [2.75, 3.05) is 0 Å². The molecule has 132 valence electrons. The van der Waals surface area contributed by atoms with Crippen molar-refractivity contribution in [1.82, 2.24) is 0 Å². The van der Waals surface area contributed by atoms with E-state index in [1.165, 1.54) is 5.56 Å². The minimum absolute atomic E-state index is 0.283. The zero-order chi connectivity index (χ0) is 17.4. The van der Waals surface area contributed by atoms with Gasteiger partial charge in [-0.3, -0.25) is 0 Å². The fourth-order valence-corrected chi connectivity index (χ4v) is 4.17. The number of ether oxygens (including phenoxy) is 1. The number of hydrogen-bond acceptors (Lipinski definition) is 2. The lowest BCUT2D eigenvalue weighted by Gasteiger charge is -2.43. The van der Waals surface area contributed by atoms with Gasteiger partial charge in [0.2, 0.25) is 0 Å². The van der Waals surface area contributed by atoms with E-state index in [9.17, 15) is 5.11 Å². The second kappa shape index (κ2) is 6.55.